The van der Waals surface area contributed by atoms with Gasteiger partial charge in [-0.3, -0.25) is 4.99 Å². The molecule has 0 bridgehead atoms. The van der Waals surface area contributed by atoms with Crippen LogP contribution < -0.4 is 5.32 Å². The van der Waals surface area contributed by atoms with Gasteiger partial charge in [0.05, 0.1) is 21.9 Å². The predicted molar refractivity (Wildman–Crippen MR) is 128 cm³/mol. The van der Waals surface area contributed by atoms with Crippen molar-refractivity contribution in [3.63, 3.8) is 0 Å². The number of nitrogens with zero attached hydrogens (tertiary/aromatic N) is 4. The highest BCUT2D eigenvalue weighted by atomic mass is 127. The van der Waals surface area contributed by atoms with Gasteiger partial charge in [0, 0.05) is 37.9 Å². The molecule has 160 valence electrons. The van der Waals surface area contributed by atoms with Crippen molar-refractivity contribution in [1.29, 1.82) is 0 Å². The summed E-state index contributed by atoms with van der Waals surface area (Å²) in [5.41, 5.74) is 4.19. The van der Waals surface area contributed by atoms with Crippen molar-refractivity contribution < 1.29 is 8.42 Å². The van der Waals surface area contributed by atoms with Gasteiger partial charge in [0.15, 0.2) is 15.8 Å². The van der Waals surface area contributed by atoms with E-state index in [1.54, 1.807) is 20.9 Å². The van der Waals surface area contributed by atoms with Gasteiger partial charge in [-0.2, -0.15) is 5.10 Å². The predicted octanol–water partition coefficient (Wildman–Crippen LogP) is 2.69. The quantitative estimate of drug-likeness (QED) is 0.375. The third-order valence-corrected chi connectivity index (χ3v) is 7.95. The second-order valence-electron chi connectivity index (χ2n) is 7.80. The molecule has 1 aliphatic rings. The molecule has 0 spiro atoms. The molecule has 1 aliphatic heterocycles. The maximum Gasteiger partial charge on any atom is 0.193 e. The van der Waals surface area contributed by atoms with Gasteiger partial charge in [0.2, 0.25) is 0 Å². The second kappa shape index (κ2) is 9.03. The first-order valence-corrected chi connectivity index (χ1v) is 11.1. The fourth-order valence-electron chi connectivity index (χ4n) is 3.58. The third kappa shape index (κ3) is 4.76. The number of nitrogens with one attached hydrogen (secondary N) is 1. The number of para-hydroxylation sites is 1. The smallest absolute Gasteiger partial charge is 0.193 e. The van der Waals surface area contributed by atoms with Crippen molar-refractivity contribution in [2.45, 2.75) is 39.0 Å². The lowest BCUT2D eigenvalue weighted by atomic mass is 10.2. The Balaban J connectivity index is 0.00000300. The van der Waals surface area contributed by atoms with Gasteiger partial charge in [0.25, 0.3) is 0 Å². The average molecular weight is 531 g/mol. The molecule has 2 heterocycles. The molecule has 0 unspecified atom stereocenters. The molecule has 2 aromatic rings. The lowest BCUT2D eigenvalue weighted by Gasteiger charge is -2.39. The van der Waals surface area contributed by atoms with Gasteiger partial charge in [-0.1, -0.05) is 18.2 Å². The molecule has 29 heavy (non-hydrogen) atoms. The first kappa shape index (κ1) is 23.7. The van der Waals surface area contributed by atoms with E-state index in [-0.39, 0.29) is 29.7 Å². The monoisotopic (exact) mass is 531 g/mol. The fourth-order valence-corrected chi connectivity index (χ4v) is 4.94. The first-order valence-electron chi connectivity index (χ1n) is 9.45. The van der Waals surface area contributed by atoms with Crippen LogP contribution in [0.15, 0.2) is 35.3 Å². The van der Waals surface area contributed by atoms with Crippen molar-refractivity contribution in [3.8, 4) is 5.69 Å². The van der Waals surface area contributed by atoms with Crippen molar-refractivity contribution in [2.24, 2.45) is 4.99 Å². The summed E-state index contributed by atoms with van der Waals surface area (Å²) in [5, 5.41) is 8.08. The average Bonchev–Trinajstić information content (AvgIpc) is 2.93. The van der Waals surface area contributed by atoms with Crippen molar-refractivity contribution in [2.75, 3.05) is 25.9 Å². The molecule has 0 aliphatic carbocycles. The normalized spacial score (nSPS) is 18.2. The zero-order valence-corrected chi connectivity index (χ0v) is 20.8. The maximum absolute atomic E-state index is 12.3. The minimum absolute atomic E-state index is 0. The largest absolute Gasteiger partial charge is 0.352 e. The van der Waals surface area contributed by atoms with Crippen LogP contribution in [0.25, 0.3) is 5.69 Å². The Morgan fingerprint density at radius 2 is 1.90 bits per heavy atom. The van der Waals surface area contributed by atoms with Gasteiger partial charge in [-0.15, -0.1) is 24.0 Å². The van der Waals surface area contributed by atoms with Gasteiger partial charge < -0.3 is 10.2 Å². The molecule has 0 amide bonds. The fraction of sp³-hybridized carbons (Fsp3) is 0.500. The van der Waals surface area contributed by atoms with E-state index in [4.69, 9.17) is 0 Å². The number of hydrogen-bond acceptors (Lipinski definition) is 4. The number of aliphatic imine (C=N–C) groups is 1. The van der Waals surface area contributed by atoms with Crippen LogP contribution in [0.1, 0.15) is 30.8 Å². The molecule has 1 saturated heterocycles. The van der Waals surface area contributed by atoms with E-state index in [9.17, 15) is 8.42 Å². The first-order chi connectivity index (χ1) is 13.2. The lowest BCUT2D eigenvalue weighted by Crippen LogP contribution is -2.57. The summed E-state index contributed by atoms with van der Waals surface area (Å²) in [6.07, 6.45) is 0. The molecule has 7 nitrogen and oxygen atoms in total. The van der Waals surface area contributed by atoms with E-state index in [2.05, 4.69) is 22.3 Å². The Morgan fingerprint density at radius 3 is 2.48 bits per heavy atom. The van der Waals surface area contributed by atoms with Crippen LogP contribution in [-0.4, -0.2) is 59.7 Å². The number of rotatable bonds is 3. The van der Waals surface area contributed by atoms with Crippen LogP contribution in [-0.2, 0) is 16.4 Å². The highest BCUT2D eigenvalue weighted by Crippen LogP contribution is 2.24. The van der Waals surface area contributed by atoms with Crippen LogP contribution in [0.4, 0.5) is 0 Å². The summed E-state index contributed by atoms with van der Waals surface area (Å²) < 4.78 is 25.7. The maximum atomic E-state index is 12.3. The minimum Gasteiger partial charge on any atom is -0.352 e. The van der Waals surface area contributed by atoms with Crippen molar-refractivity contribution in [3.05, 3.63) is 47.3 Å². The standard InChI is InChI=1S/C20H29N5O2S.HI/c1-15-18(16(2)25(23-15)17-9-7-6-8-10-17)13-22-19(21-5)24-11-12-28(26,27)20(3,4)14-24;/h6-10H,11-14H2,1-5H3,(H,21,22);1H. The van der Waals surface area contributed by atoms with Gasteiger partial charge >= 0.3 is 0 Å². The number of halogens is 1. The van der Waals surface area contributed by atoms with Crippen LogP contribution in [0, 0.1) is 13.8 Å². The molecule has 1 aromatic heterocycles. The number of guanidine groups is 1. The molecule has 1 N–H and O–H groups in total. The number of aromatic nitrogens is 2. The van der Waals surface area contributed by atoms with E-state index in [0.29, 0.717) is 25.6 Å². The molecule has 1 aromatic carbocycles. The number of sulfone groups is 1. The number of aryl methyl sites for hydroxylation is 1. The minimum atomic E-state index is -3.08. The summed E-state index contributed by atoms with van der Waals surface area (Å²) in [6, 6.07) is 10.1. The molecule has 9 heteroatoms. The van der Waals surface area contributed by atoms with Gasteiger partial charge in [-0.25, -0.2) is 13.1 Å². The Morgan fingerprint density at radius 1 is 1.24 bits per heavy atom. The van der Waals surface area contributed by atoms with Crippen LogP contribution in [0.2, 0.25) is 0 Å². The zero-order chi connectivity index (χ0) is 20.5. The third-order valence-electron chi connectivity index (χ3n) is 5.42. The SMILES string of the molecule is CN=C(NCc1c(C)nn(-c2ccccc2)c1C)N1CCS(=O)(=O)C(C)(C)C1.I. The molecule has 3 rings (SSSR count). The van der Waals surface area contributed by atoms with E-state index in [1.165, 1.54) is 0 Å². The molecule has 1 fully saturated rings. The Labute approximate surface area is 190 Å². The van der Waals surface area contributed by atoms with Crippen LogP contribution in [0.3, 0.4) is 0 Å². The summed E-state index contributed by atoms with van der Waals surface area (Å²) >= 11 is 0. The molecule has 0 atom stereocenters. The molecule has 0 saturated carbocycles. The second-order valence-corrected chi connectivity index (χ2v) is 10.5. The molecule has 0 radical (unpaired) electrons. The van der Waals surface area contributed by atoms with Gasteiger partial charge in [0.1, 0.15) is 0 Å². The molecular formula is C20H30IN5O2S. The van der Waals surface area contributed by atoms with E-state index < -0.39 is 14.6 Å². The van der Waals surface area contributed by atoms with Crippen LogP contribution in [0.5, 0.6) is 0 Å². The Bertz CT molecular complexity index is 984. The molecular weight excluding hydrogens is 501 g/mol. The summed E-state index contributed by atoms with van der Waals surface area (Å²) in [5.74, 6) is 0.860. The summed E-state index contributed by atoms with van der Waals surface area (Å²) in [4.78, 5) is 6.39. The number of benzene rings is 1. The van der Waals surface area contributed by atoms with Gasteiger partial charge in [-0.05, 0) is 39.8 Å². The number of hydrogen-bond donors (Lipinski definition) is 1. The van der Waals surface area contributed by atoms with Crippen molar-refractivity contribution in [1.82, 2.24) is 20.0 Å². The Hall–Kier alpha value is -1.62. The summed E-state index contributed by atoms with van der Waals surface area (Å²) in [7, 11) is -1.35. The van der Waals surface area contributed by atoms with Crippen molar-refractivity contribution >= 4 is 39.8 Å². The topological polar surface area (TPSA) is 79.6 Å². The van der Waals surface area contributed by atoms with E-state index >= 15 is 0 Å². The summed E-state index contributed by atoms with van der Waals surface area (Å²) in [6.45, 7) is 9.08. The van der Waals surface area contributed by atoms with Crippen LogP contribution >= 0.6 is 24.0 Å². The van der Waals surface area contributed by atoms with E-state index in [0.717, 1.165) is 22.6 Å². The highest BCUT2D eigenvalue weighted by molar-refractivity contribution is 14.0. The van der Waals surface area contributed by atoms with E-state index in [1.807, 2.05) is 46.8 Å². The zero-order valence-electron chi connectivity index (χ0n) is 17.6. The lowest BCUT2D eigenvalue weighted by molar-refractivity contribution is 0.353. The highest BCUT2D eigenvalue weighted by Gasteiger charge is 2.41. The Kier molecular flexibility index (Phi) is 7.37.